The largest absolute Gasteiger partial charge is 0.315 e. The third kappa shape index (κ3) is 2.44. The van der Waals surface area contributed by atoms with Crippen molar-refractivity contribution in [1.29, 1.82) is 0 Å². The molecule has 1 saturated heterocycles. The highest BCUT2D eigenvalue weighted by Gasteiger charge is 2.20. The molecule has 1 aromatic rings. The van der Waals surface area contributed by atoms with Crippen molar-refractivity contribution in [1.82, 2.24) is 20.0 Å². The Kier molecular flexibility index (Phi) is 3.61. The third-order valence-corrected chi connectivity index (χ3v) is 3.31. The van der Waals surface area contributed by atoms with Crippen LogP contribution >= 0.6 is 0 Å². The number of hydrogen-bond donors (Lipinski definition) is 1. The molecule has 1 aliphatic heterocycles. The maximum atomic E-state index is 4.37. The third-order valence-electron chi connectivity index (χ3n) is 3.31. The van der Waals surface area contributed by atoms with Crippen molar-refractivity contribution in [2.45, 2.75) is 38.9 Å². The molecule has 0 aromatic carbocycles. The van der Waals surface area contributed by atoms with Gasteiger partial charge in [-0.2, -0.15) is 5.10 Å². The van der Waals surface area contributed by atoms with Gasteiger partial charge in [-0.1, -0.05) is 0 Å². The van der Waals surface area contributed by atoms with Crippen LogP contribution < -0.4 is 5.32 Å². The Morgan fingerprint density at radius 3 is 3.06 bits per heavy atom. The molecule has 1 unspecified atom stereocenters. The van der Waals surface area contributed by atoms with E-state index in [2.05, 4.69) is 47.0 Å². The van der Waals surface area contributed by atoms with Crippen molar-refractivity contribution in [3.05, 3.63) is 18.0 Å². The van der Waals surface area contributed by atoms with Gasteiger partial charge in [0.15, 0.2) is 0 Å². The molecule has 2 heterocycles. The van der Waals surface area contributed by atoms with Crippen LogP contribution in [0.4, 0.5) is 0 Å². The fourth-order valence-corrected chi connectivity index (χ4v) is 2.33. The van der Waals surface area contributed by atoms with E-state index < -0.39 is 0 Å². The lowest BCUT2D eigenvalue weighted by atomic mass is 10.2. The molecule has 0 bridgehead atoms. The first-order valence-electron chi connectivity index (χ1n) is 6.12. The summed E-state index contributed by atoms with van der Waals surface area (Å²) in [7, 11) is 2.20. The topological polar surface area (TPSA) is 33.1 Å². The Balaban J connectivity index is 1.99. The minimum Gasteiger partial charge on any atom is -0.315 e. The Hall–Kier alpha value is -0.870. The second kappa shape index (κ2) is 4.97. The summed E-state index contributed by atoms with van der Waals surface area (Å²) in [5.74, 6) is 0. The van der Waals surface area contributed by atoms with Crippen LogP contribution in [0.2, 0.25) is 0 Å². The zero-order valence-corrected chi connectivity index (χ0v) is 10.5. The van der Waals surface area contributed by atoms with Gasteiger partial charge < -0.3 is 5.32 Å². The Bertz CT molecular complexity index is 326. The molecule has 0 radical (unpaired) electrons. The maximum absolute atomic E-state index is 4.37. The molecule has 2 rings (SSSR count). The molecule has 0 amide bonds. The van der Waals surface area contributed by atoms with Crippen LogP contribution in [0.15, 0.2) is 12.3 Å². The quantitative estimate of drug-likeness (QED) is 0.832. The summed E-state index contributed by atoms with van der Waals surface area (Å²) in [5, 5.41) is 7.78. The van der Waals surface area contributed by atoms with Crippen molar-refractivity contribution in [2.75, 3.05) is 20.1 Å². The van der Waals surface area contributed by atoms with Crippen LogP contribution in [0.25, 0.3) is 0 Å². The van der Waals surface area contributed by atoms with Gasteiger partial charge in [-0.3, -0.25) is 9.58 Å². The van der Waals surface area contributed by atoms with Crippen LogP contribution in [0.1, 0.15) is 32.0 Å². The van der Waals surface area contributed by atoms with E-state index in [1.165, 1.54) is 12.1 Å². The fourth-order valence-electron chi connectivity index (χ4n) is 2.33. The van der Waals surface area contributed by atoms with E-state index in [4.69, 9.17) is 0 Å². The van der Waals surface area contributed by atoms with Gasteiger partial charge in [-0.15, -0.1) is 0 Å². The van der Waals surface area contributed by atoms with E-state index in [-0.39, 0.29) is 0 Å². The molecule has 4 heteroatoms. The van der Waals surface area contributed by atoms with Crippen molar-refractivity contribution >= 4 is 0 Å². The van der Waals surface area contributed by atoms with Gasteiger partial charge in [0.05, 0.1) is 5.69 Å². The lowest BCUT2D eigenvalue weighted by Crippen LogP contribution is -2.33. The minimum absolute atomic E-state index is 0.445. The van der Waals surface area contributed by atoms with Crippen LogP contribution in [-0.2, 0) is 6.54 Å². The molecule has 0 aliphatic carbocycles. The molecular formula is C12H22N4. The smallest absolute Gasteiger partial charge is 0.0527 e. The first-order valence-corrected chi connectivity index (χ1v) is 6.12. The number of hydrogen-bond acceptors (Lipinski definition) is 3. The molecule has 0 spiro atoms. The molecule has 1 aliphatic rings. The summed E-state index contributed by atoms with van der Waals surface area (Å²) >= 11 is 0. The second-order valence-electron chi connectivity index (χ2n) is 4.92. The van der Waals surface area contributed by atoms with E-state index in [1.807, 2.05) is 6.20 Å². The molecule has 1 N–H and O–H groups in total. The highest BCUT2D eigenvalue weighted by atomic mass is 15.3. The monoisotopic (exact) mass is 222 g/mol. The number of nitrogens with zero attached hydrogens (tertiary/aromatic N) is 3. The van der Waals surface area contributed by atoms with Crippen LogP contribution in [0.5, 0.6) is 0 Å². The summed E-state index contributed by atoms with van der Waals surface area (Å²) < 4.78 is 2.11. The van der Waals surface area contributed by atoms with E-state index in [9.17, 15) is 0 Å². The van der Waals surface area contributed by atoms with Gasteiger partial charge in [0.1, 0.15) is 0 Å². The first kappa shape index (κ1) is 11.6. The van der Waals surface area contributed by atoms with Gasteiger partial charge in [0, 0.05) is 31.4 Å². The molecule has 1 atom stereocenters. The van der Waals surface area contributed by atoms with E-state index in [0.29, 0.717) is 12.1 Å². The summed E-state index contributed by atoms with van der Waals surface area (Å²) in [6.07, 6.45) is 3.16. The molecular weight excluding hydrogens is 200 g/mol. The van der Waals surface area contributed by atoms with Gasteiger partial charge in [-0.25, -0.2) is 0 Å². The van der Waals surface area contributed by atoms with Gasteiger partial charge in [0.25, 0.3) is 0 Å². The van der Waals surface area contributed by atoms with Crippen LogP contribution in [0, 0.1) is 0 Å². The molecule has 0 saturated carbocycles. The SMILES string of the molecule is CC(C)n1nccc1CN(C)C1CCNC1. The lowest BCUT2D eigenvalue weighted by molar-refractivity contribution is 0.239. The van der Waals surface area contributed by atoms with Crippen LogP contribution in [0.3, 0.4) is 0 Å². The van der Waals surface area contributed by atoms with E-state index in [0.717, 1.165) is 19.6 Å². The maximum Gasteiger partial charge on any atom is 0.0527 e. The van der Waals surface area contributed by atoms with Crippen molar-refractivity contribution < 1.29 is 0 Å². The van der Waals surface area contributed by atoms with Gasteiger partial charge in [-0.05, 0) is 39.9 Å². The summed E-state index contributed by atoms with van der Waals surface area (Å²) in [4.78, 5) is 2.43. The summed E-state index contributed by atoms with van der Waals surface area (Å²) in [6, 6.07) is 3.24. The average Bonchev–Trinajstić information content (AvgIpc) is 2.86. The van der Waals surface area contributed by atoms with Crippen LogP contribution in [-0.4, -0.2) is 40.9 Å². The second-order valence-corrected chi connectivity index (χ2v) is 4.92. The first-order chi connectivity index (χ1) is 7.68. The fraction of sp³-hybridized carbons (Fsp3) is 0.750. The van der Waals surface area contributed by atoms with Gasteiger partial charge >= 0.3 is 0 Å². The number of nitrogens with one attached hydrogen (secondary N) is 1. The normalized spacial score (nSPS) is 21.2. The highest BCUT2D eigenvalue weighted by molar-refractivity contribution is 5.02. The predicted octanol–water partition coefficient (Wildman–Crippen LogP) is 1.26. The van der Waals surface area contributed by atoms with Gasteiger partial charge in [0.2, 0.25) is 0 Å². The van der Waals surface area contributed by atoms with E-state index >= 15 is 0 Å². The Morgan fingerprint density at radius 1 is 1.62 bits per heavy atom. The minimum atomic E-state index is 0.445. The Labute approximate surface area is 97.6 Å². The molecule has 1 fully saturated rings. The Morgan fingerprint density at radius 2 is 2.44 bits per heavy atom. The number of likely N-dealkylation sites (N-methyl/N-ethyl adjacent to an activating group) is 1. The zero-order chi connectivity index (χ0) is 11.5. The summed E-state index contributed by atoms with van der Waals surface area (Å²) in [6.45, 7) is 7.61. The molecule has 90 valence electrons. The lowest BCUT2D eigenvalue weighted by Gasteiger charge is -2.24. The average molecular weight is 222 g/mol. The molecule has 1 aromatic heterocycles. The number of aromatic nitrogens is 2. The number of rotatable bonds is 4. The van der Waals surface area contributed by atoms with Crippen molar-refractivity contribution in [3.8, 4) is 0 Å². The standard InChI is InChI=1S/C12H22N4/c1-10(2)16-12(5-7-14-16)9-15(3)11-4-6-13-8-11/h5,7,10-11,13H,4,6,8-9H2,1-3H3. The zero-order valence-electron chi connectivity index (χ0n) is 10.5. The molecule has 4 nitrogen and oxygen atoms in total. The van der Waals surface area contributed by atoms with Crippen molar-refractivity contribution in [3.63, 3.8) is 0 Å². The van der Waals surface area contributed by atoms with Crippen molar-refractivity contribution in [2.24, 2.45) is 0 Å². The highest BCUT2D eigenvalue weighted by Crippen LogP contribution is 2.13. The molecule has 16 heavy (non-hydrogen) atoms. The van der Waals surface area contributed by atoms with E-state index in [1.54, 1.807) is 0 Å². The summed E-state index contributed by atoms with van der Waals surface area (Å²) in [5.41, 5.74) is 1.31. The predicted molar refractivity (Wildman–Crippen MR) is 65.4 cm³/mol.